The molecule has 0 bridgehead atoms. The van der Waals surface area contributed by atoms with Crippen LogP contribution >= 0.6 is 0 Å². The number of aliphatic hydroxyl groups excluding tert-OH is 2. The van der Waals surface area contributed by atoms with E-state index in [-0.39, 0.29) is 31.3 Å². The maximum absolute atomic E-state index is 13.2. The summed E-state index contributed by atoms with van der Waals surface area (Å²) in [6.45, 7) is 6.19. The van der Waals surface area contributed by atoms with E-state index in [1.54, 1.807) is 0 Å². The second-order valence-corrected chi connectivity index (χ2v) is 16.5. The molecule has 0 fully saturated rings. The van der Waals surface area contributed by atoms with Crippen LogP contribution in [0.3, 0.4) is 0 Å². The molecule has 6 heteroatoms. The smallest absolute Gasteiger partial charge is 0.306 e. The molecule has 0 radical (unpaired) electrons. The number of carbonyl (C=O) groups excluding carboxylic acids is 2. The van der Waals surface area contributed by atoms with Crippen LogP contribution in [0.1, 0.15) is 201 Å². The first-order valence-electron chi connectivity index (χ1n) is 25.3. The summed E-state index contributed by atoms with van der Waals surface area (Å²) in [5, 5.41) is 23.7. The quantitative estimate of drug-likeness (QED) is 0.0322. The van der Waals surface area contributed by atoms with E-state index >= 15 is 0 Å². The Balaban J connectivity index is 4.87. The van der Waals surface area contributed by atoms with Gasteiger partial charge in [0.1, 0.15) is 6.10 Å². The summed E-state index contributed by atoms with van der Waals surface area (Å²) in [7, 11) is 0. The van der Waals surface area contributed by atoms with E-state index in [1.807, 2.05) is 18.2 Å². The van der Waals surface area contributed by atoms with Gasteiger partial charge < -0.3 is 20.3 Å². The maximum atomic E-state index is 13.2. The molecule has 3 N–H and O–H groups in total. The van der Waals surface area contributed by atoms with Crippen LogP contribution in [-0.4, -0.2) is 46.9 Å². The highest BCUT2D eigenvalue weighted by molar-refractivity contribution is 5.77. The highest BCUT2D eigenvalue weighted by Crippen LogP contribution is 2.15. The highest BCUT2D eigenvalue weighted by atomic mass is 16.5. The van der Waals surface area contributed by atoms with Crippen LogP contribution in [0.2, 0.25) is 0 Å². The Bertz CT molecular complexity index is 1350. The predicted octanol–water partition coefficient (Wildman–Crippen LogP) is 15.3. The van der Waals surface area contributed by atoms with E-state index in [2.05, 4.69) is 129 Å². The molecule has 3 atom stereocenters. The molecule has 0 saturated carbocycles. The van der Waals surface area contributed by atoms with Gasteiger partial charge in [-0.25, -0.2) is 0 Å². The standard InChI is InChI=1S/C57H93NO5/c1-4-7-10-13-16-19-22-25-27-29-32-35-38-41-44-47-50-57(62)63-53(48-45-42-39-36-33-31-28-26-23-20-17-14-11-8-5-2)51-56(61)58-54(52-59)55(60)49-46-43-40-37-34-30-24-21-18-15-12-9-6-3/h7-8,10-11,16-17,19-20,25-28,32-33,35-36,41-42,44-45,53-55,59-60H,4-6,9,12-15,18,21-24,29-31,34,37-40,43,46-52H2,1-3H3,(H,58,61)/b10-7+,11-8-,19-16+,20-17-,27-25+,28-26-,35-32+,36-33-,44-41+,45-42-. The zero-order valence-corrected chi connectivity index (χ0v) is 40.4. The molecule has 0 aromatic rings. The molecule has 356 valence electrons. The lowest BCUT2D eigenvalue weighted by Crippen LogP contribution is -2.46. The van der Waals surface area contributed by atoms with Gasteiger partial charge in [0.2, 0.25) is 5.91 Å². The van der Waals surface area contributed by atoms with Crippen molar-refractivity contribution in [3.8, 4) is 0 Å². The van der Waals surface area contributed by atoms with Crippen molar-refractivity contribution < 1.29 is 24.5 Å². The third-order valence-electron chi connectivity index (χ3n) is 10.6. The maximum Gasteiger partial charge on any atom is 0.306 e. The molecule has 0 saturated heterocycles. The Morgan fingerprint density at radius 1 is 0.492 bits per heavy atom. The number of nitrogens with one attached hydrogen (secondary N) is 1. The number of allylic oxidation sites excluding steroid dienone is 19. The minimum Gasteiger partial charge on any atom is -0.461 e. The van der Waals surface area contributed by atoms with E-state index in [4.69, 9.17) is 4.74 Å². The third-order valence-corrected chi connectivity index (χ3v) is 10.6. The molecule has 0 rings (SSSR count). The minimum absolute atomic E-state index is 0.0380. The van der Waals surface area contributed by atoms with Crippen molar-refractivity contribution in [2.45, 2.75) is 219 Å². The molecular formula is C57H93NO5. The van der Waals surface area contributed by atoms with Gasteiger partial charge in [0, 0.05) is 12.8 Å². The molecular weight excluding hydrogens is 779 g/mol. The van der Waals surface area contributed by atoms with Crippen LogP contribution in [0, 0.1) is 0 Å². The van der Waals surface area contributed by atoms with Crippen molar-refractivity contribution >= 4 is 11.9 Å². The molecule has 0 aromatic heterocycles. The SMILES string of the molecule is CC/C=C\C/C=C\C/C=C\C/C=C\C/C=C\CC(CC(=O)NC(CO)C(O)CCCCCCCCCCCCCCC)OC(=O)CC/C=C/C/C=C/C/C=C/C/C=C/C/C=C/CC. The van der Waals surface area contributed by atoms with Gasteiger partial charge in [-0.2, -0.15) is 0 Å². The number of ether oxygens (including phenoxy) is 1. The fourth-order valence-electron chi connectivity index (χ4n) is 6.79. The minimum atomic E-state index is -0.831. The molecule has 0 aliphatic carbocycles. The van der Waals surface area contributed by atoms with E-state index < -0.39 is 18.2 Å². The van der Waals surface area contributed by atoms with Gasteiger partial charge in [0.05, 0.1) is 25.2 Å². The molecule has 3 unspecified atom stereocenters. The van der Waals surface area contributed by atoms with Gasteiger partial charge in [-0.05, 0) is 77.0 Å². The van der Waals surface area contributed by atoms with E-state index in [1.165, 1.54) is 64.2 Å². The molecule has 0 heterocycles. The molecule has 6 nitrogen and oxygen atoms in total. The predicted molar refractivity (Wildman–Crippen MR) is 273 cm³/mol. The van der Waals surface area contributed by atoms with Gasteiger partial charge in [0.15, 0.2) is 0 Å². The summed E-state index contributed by atoms with van der Waals surface area (Å²) in [6, 6.07) is -0.754. The zero-order valence-electron chi connectivity index (χ0n) is 40.4. The normalized spacial score (nSPS) is 14.3. The van der Waals surface area contributed by atoms with Crippen LogP contribution < -0.4 is 5.32 Å². The number of amides is 1. The van der Waals surface area contributed by atoms with Crippen molar-refractivity contribution in [2.24, 2.45) is 0 Å². The van der Waals surface area contributed by atoms with Crippen molar-refractivity contribution in [3.05, 3.63) is 122 Å². The van der Waals surface area contributed by atoms with Crippen LogP contribution in [0.25, 0.3) is 0 Å². The van der Waals surface area contributed by atoms with Crippen LogP contribution in [-0.2, 0) is 14.3 Å². The average molecular weight is 872 g/mol. The molecule has 0 spiro atoms. The number of rotatable bonds is 43. The summed E-state index contributed by atoms with van der Waals surface area (Å²) in [5.41, 5.74) is 0. The average Bonchev–Trinajstić information content (AvgIpc) is 3.28. The molecule has 0 aliphatic rings. The van der Waals surface area contributed by atoms with Crippen LogP contribution in [0.15, 0.2) is 122 Å². The lowest BCUT2D eigenvalue weighted by atomic mass is 10.0. The number of esters is 1. The number of hydrogen-bond acceptors (Lipinski definition) is 5. The fraction of sp³-hybridized carbons (Fsp3) is 0.614. The van der Waals surface area contributed by atoms with E-state index in [0.717, 1.165) is 83.5 Å². The molecule has 63 heavy (non-hydrogen) atoms. The Morgan fingerprint density at radius 3 is 1.25 bits per heavy atom. The van der Waals surface area contributed by atoms with Gasteiger partial charge in [0.25, 0.3) is 0 Å². The van der Waals surface area contributed by atoms with Crippen molar-refractivity contribution in [1.82, 2.24) is 5.32 Å². The first kappa shape index (κ1) is 59.3. The Morgan fingerprint density at radius 2 is 0.857 bits per heavy atom. The Hall–Kier alpha value is -3.74. The van der Waals surface area contributed by atoms with Crippen LogP contribution in [0.4, 0.5) is 0 Å². The second kappa shape index (κ2) is 49.3. The number of aliphatic hydroxyl groups is 2. The topological polar surface area (TPSA) is 95.9 Å². The van der Waals surface area contributed by atoms with Gasteiger partial charge in [-0.3, -0.25) is 9.59 Å². The fourth-order valence-corrected chi connectivity index (χ4v) is 6.79. The first-order chi connectivity index (χ1) is 31.0. The van der Waals surface area contributed by atoms with E-state index in [9.17, 15) is 19.8 Å². The summed E-state index contributed by atoms with van der Waals surface area (Å²) < 4.78 is 5.82. The second-order valence-electron chi connectivity index (χ2n) is 16.5. The molecule has 0 aromatic carbocycles. The number of hydrogen-bond donors (Lipinski definition) is 3. The van der Waals surface area contributed by atoms with Gasteiger partial charge >= 0.3 is 5.97 Å². The van der Waals surface area contributed by atoms with Gasteiger partial charge in [-0.15, -0.1) is 0 Å². The summed E-state index contributed by atoms with van der Waals surface area (Å²) in [6.07, 6.45) is 68.5. The highest BCUT2D eigenvalue weighted by Gasteiger charge is 2.23. The zero-order chi connectivity index (χ0) is 45.9. The summed E-state index contributed by atoms with van der Waals surface area (Å²) >= 11 is 0. The van der Waals surface area contributed by atoms with Crippen molar-refractivity contribution in [1.29, 1.82) is 0 Å². The van der Waals surface area contributed by atoms with Crippen molar-refractivity contribution in [3.63, 3.8) is 0 Å². The third kappa shape index (κ3) is 44.7. The first-order valence-corrected chi connectivity index (χ1v) is 25.3. The van der Waals surface area contributed by atoms with Crippen molar-refractivity contribution in [2.75, 3.05) is 6.61 Å². The summed E-state index contributed by atoms with van der Waals surface area (Å²) in [5.74, 6) is -0.691. The molecule has 0 aliphatic heterocycles. The monoisotopic (exact) mass is 872 g/mol. The Labute approximate surface area is 387 Å². The number of unbranched alkanes of at least 4 members (excludes halogenated alkanes) is 12. The van der Waals surface area contributed by atoms with Crippen LogP contribution in [0.5, 0.6) is 0 Å². The summed E-state index contributed by atoms with van der Waals surface area (Å²) in [4.78, 5) is 26.1. The lowest BCUT2D eigenvalue weighted by Gasteiger charge is -2.24. The number of carbonyl (C=O) groups is 2. The molecule has 1 amide bonds. The lowest BCUT2D eigenvalue weighted by molar-refractivity contribution is -0.150. The largest absolute Gasteiger partial charge is 0.461 e. The van der Waals surface area contributed by atoms with E-state index in [0.29, 0.717) is 19.3 Å². The Kier molecular flexibility index (Phi) is 46.4. The van der Waals surface area contributed by atoms with Gasteiger partial charge in [-0.1, -0.05) is 226 Å².